The molecule has 1 fully saturated rings. The molecule has 0 radical (unpaired) electrons. The van der Waals surface area contributed by atoms with Gasteiger partial charge in [-0.05, 0) is 43.7 Å². The number of carbonyl (C=O) groups excluding carboxylic acids is 1. The Morgan fingerprint density at radius 2 is 2.07 bits per heavy atom. The third-order valence-corrected chi connectivity index (χ3v) is 4.61. The molecule has 0 spiro atoms. The van der Waals surface area contributed by atoms with E-state index in [2.05, 4.69) is 10.3 Å². The molecule has 8 heteroatoms. The number of rotatable bonds is 4. The van der Waals surface area contributed by atoms with Gasteiger partial charge in [0.25, 0.3) is 5.91 Å². The monoisotopic (exact) mass is 374 g/mol. The van der Waals surface area contributed by atoms with Gasteiger partial charge < -0.3 is 21.9 Å². The lowest BCUT2D eigenvalue weighted by molar-refractivity contribution is 0.00911. The molecule has 2 aromatic carbocycles. The number of halogens is 2. The van der Waals surface area contributed by atoms with Crippen molar-refractivity contribution in [1.82, 2.24) is 5.32 Å². The number of anilines is 1. The quantitative estimate of drug-likeness (QED) is 0.484. The van der Waals surface area contributed by atoms with Gasteiger partial charge in [-0.3, -0.25) is 9.79 Å². The molecule has 1 amide bonds. The number of nitrogens with one attached hydrogen (secondary N) is 1. The Labute approximate surface area is 154 Å². The fourth-order valence-corrected chi connectivity index (χ4v) is 3.17. The largest absolute Gasteiger partial charge is 0.398 e. The molecule has 1 atom stereocenters. The van der Waals surface area contributed by atoms with Crippen LogP contribution in [-0.2, 0) is 5.60 Å². The molecule has 0 saturated carbocycles. The van der Waals surface area contributed by atoms with Crippen molar-refractivity contribution in [1.29, 1.82) is 0 Å². The first-order valence-electron chi connectivity index (χ1n) is 8.46. The van der Waals surface area contributed by atoms with Crippen LogP contribution in [0.5, 0.6) is 0 Å². The molecule has 3 rings (SSSR count). The van der Waals surface area contributed by atoms with E-state index in [4.69, 9.17) is 11.5 Å². The zero-order chi connectivity index (χ0) is 19.6. The minimum absolute atomic E-state index is 0.00710. The number of nitrogens with zero attached hydrogens (tertiary/aromatic N) is 1. The molecule has 0 bridgehead atoms. The van der Waals surface area contributed by atoms with Gasteiger partial charge in [-0.15, -0.1) is 0 Å². The molecule has 1 unspecified atom stereocenters. The van der Waals surface area contributed by atoms with Crippen LogP contribution in [0.1, 0.15) is 34.3 Å². The highest BCUT2D eigenvalue weighted by Crippen LogP contribution is 2.32. The number of aliphatic imine (C=N–C) groups is 1. The SMILES string of the molecule is NC(=O)c1cc(F)cc(C=Nc2ccc(C3(O)CCCNC3)c(F)c2)c1N. The first kappa shape index (κ1) is 18.9. The minimum atomic E-state index is -1.26. The Hall–Kier alpha value is -2.84. The van der Waals surface area contributed by atoms with Gasteiger partial charge in [0.05, 0.1) is 16.9 Å². The van der Waals surface area contributed by atoms with Gasteiger partial charge in [0.2, 0.25) is 0 Å². The average molecular weight is 374 g/mol. The van der Waals surface area contributed by atoms with Crippen LogP contribution in [0, 0.1) is 11.6 Å². The second-order valence-electron chi connectivity index (χ2n) is 6.55. The molecule has 0 aliphatic carbocycles. The molecule has 6 nitrogen and oxygen atoms in total. The van der Waals surface area contributed by atoms with E-state index in [1.165, 1.54) is 18.3 Å². The molecular weight excluding hydrogens is 354 g/mol. The number of β-amino-alcohol motifs (C(OH)–C–C–N with tert-alkyl or cyclic N) is 1. The van der Waals surface area contributed by atoms with Gasteiger partial charge in [-0.2, -0.15) is 0 Å². The molecule has 6 N–H and O–H groups in total. The number of hydrogen-bond donors (Lipinski definition) is 4. The lowest BCUT2D eigenvalue weighted by Crippen LogP contribution is -2.43. The van der Waals surface area contributed by atoms with E-state index < -0.39 is 23.1 Å². The van der Waals surface area contributed by atoms with Crippen molar-refractivity contribution in [2.45, 2.75) is 18.4 Å². The van der Waals surface area contributed by atoms with Crippen LogP contribution in [0.4, 0.5) is 20.2 Å². The average Bonchev–Trinajstić information content (AvgIpc) is 2.62. The van der Waals surface area contributed by atoms with Crippen molar-refractivity contribution >= 4 is 23.5 Å². The normalized spacial score (nSPS) is 20.1. The summed E-state index contributed by atoms with van der Waals surface area (Å²) in [4.78, 5) is 15.4. The van der Waals surface area contributed by atoms with E-state index in [1.807, 2.05) is 0 Å². The van der Waals surface area contributed by atoms with Crippen LogP contribution in [0.15, 0.2) is 35.3 Å². The summed E-state index contributed by atoms with van der Waals surface area (Å²) >= 11 is 0. The lowest BCUT2D eigenvalue weighted by Gasteiger charge is -2.33. The minimum Gasteiger partial charge on any atom is -0.398 e. The van der Waals surface area contributed by atoms with E-state index in [-0.39, 0.29) is 34.6 Å². The van der Waals surface area contributed by atoms with Crippen LogP contribution >= 0.6 is 0 Å². The fourth-order valence-electron chi connectivity index (χ4n) is 3.17. The standard InChI is InChI=1S/C19H20F2N4O2/c20-12-6-11(17(22)14(7-12)18(23)26)9-25-13-2-3-15(16(21)8-13)19(27)4-1-5-24-10-19/h2-3,6-9,24,27H,1,4-5,10,22H2,(H2,23,26). The highest BCUT2D eigenvalue weighted by Gasteiger charge is 2.33. The molecule has 1 saturated heterocycles. The number of carbonyl (C=O) groups is 1. The van der Waals surface area contributed by atoms with Crippen LogP contribution in [0.3, 0.4) is 0 Å². The third kappa shape index (κ3) is 3.96. The first-order chi connectivity index (χ1) is 12.8. The number of nitrogens with two attached hydrogens (primary N) is 2. The smallest absolute Gasteiger partial charge is 0.250 e. The first-order valence-corrected chi connectivity index (χ1v) is 8.46. The van der Waals surface area contributed by atoms with Gasteiger partial charge in [0.1, 0.15) is 17.2 Å². The van der Waals surface area contributed by atoms with Gasteiger partial charge in [0.15, 0.2) is 0 Å². The summed E-state index contributed by atoms with van der Waals surface area (Å²) in [5, 5.41) is 13.7. The number of primary amides is 1. The molecular formula is C19H20F2N4O2. The molecule has 142 valence electrons. The number of piperidine rings is 1. The molecule has 1 aliphatic heterocycles. The maximum Gasteiger partial charge on any atom is 0.250 e. The van der Waals surface area contributed by atoms with Crippen LogP contribution in [0.25, 0.3) is 0 Å². The Bertz CT molecular complexity index is 909. The van der Waals surface area contributed by atoms with Crippen LogP contribution in [-0.4, -0.2) is 30.3 Å². The van der Waals surface area contributed by atoms with Crippen molar-refractivity contribution < 1.29 is 18.7 Å². The second-order valence-corrected chi connectivity index (χ2v) is 6.55. The number of hydrogen-bond acceptors (Lipinski definition) is 5. The Morgan fingerprint density at radius 1 is 1.30 bits per heavy atom. The number of nitrogen functional groups attached to an aromatic ring is 1. The zero-order valence-electron chi connectivity index (χ0n) is 14.5. The summed E-state index contributed by atoms with van der Waals surface area (Å²) in [5.74, 6) is -2.12. The van der Waals surface area contributed by atoms with E-state index in [9.17, 15) is 18.7 Å². The molecule has 1 aliphatic rings. The van der Waals surface area contributed by atoms with E-state index >= 15 is 0 Å². The lowest BCUT2D eigenvalue weighted by atomic mass is 9.86. The summed E-state index contributed by atoms with van der Waals surface area (Å²) < 4.78 is 28.2. The third-order valence-electron chi connectivity index (χ3n) is 4.61. The number of amides is 1. The van der Waals surface area contributed by atoms with Gasteiger partial charge in [-0.25, -0.2) is 8.78 Å². The molecule has 1 heterocycles. The van der Waals surface area contributed by atoms with Gasteiger partial charge >= 0.3 is 0 Å². The molecule has 27 heavy (non-hydrogen) atoms. The van der Waals surface area contributed by atoms with Crippen molar-refractivity contribution in [3.8, 4) is 0 Å². The van der Waals surface area contributed by atoms with Crippen molar-refractivity contribution in [3.05, 3.63) is 58.7 Å². The van der Waals surface area contributed by atoms with Gasteiger partial charge in [-0.1, -0.05) is 6.07 Å². The Kier molecular flexibility index (Phi) is 5.20. The summed E-state index contributed by atoms with van der Waals surface area (Å²) in [6.45, 7) is 1.07. The van der Waals surface area contributed by atoms with Crippen LogP contribution < -0.4 is 16.8 Å². The second kappa shape index (κ2) is 7.42. The molecule has 2 aromatic rings. The van der Waals surface area contributed by atoms with E-state index in [0.29, 0.717) is 6.42 Å². The van der Waals surface area contributed by atoms with E-state index in [1.54, 1.807) is 6.07 Å². The summed E-state index contributed by atoms with van der Waals surface area (Å²) in [6.07, 6.45) is 2.45. The predicted molar refractivity (Wildman–Crippen MR) is 99.0 cm³/mol. The maximum atomic E-state index is 14.5. The van der Waals surface area contributed by atoms with Crippen molar-refractivity contribution in [3.63, 3.8) is 0 Å². The van der Waals surface area contributed by atoms with Crippen LogP contribution in [0.2, 0.25) is 0 Å². The fraction of sp³-hybridized carbons (Fsp3) is 0.263. The predicted octanol–water partition coefficient (Wildman–Crippen LogP) is 1.97. The zero-order valence-corrected chi connectivity index (χ0v) is 14.5. The maximum absolute atomic E-state index is 14.5. The summed E-state index contributed by atoms with van der Waals surface area (Å²) in [6, 6.07) is 6.27. The number of aliphatic hydroxyl groups is 1. The summed E-state index contributed by atoms with van der Waals surface area (Å²) in [7, 11) is 0. The molecule has 0 aromatic heterocycles. The van der Waals surface area contributed by atoms with Crippen molar-refractivity contribution in [2.75, 3.05) is 18.8 Å². The topological polar surface area (TPSA) is 114 Å². The Balaban J connectivity index is 1.89. The summed E-state index contributed by atoms with van der Waals surface area (Å²) in [5.41, 5.74) is 10.2. The number of benzene rings is 2. The van der Waals surface area contributed by atoms with Gasteiger partial charge in [0, 0.05) is 23.9 Å². The van der Waals surface area contributed by atoms with Crippen molar-refractivity contribution in [2.24, 2.45) is 10.7 Å². The van der Waals surface area contributed by atoms with E-state index in [0.717, 1.165) is 25.1 Å². The Morgan fingerprint density at radius 3 is 2.70 bits per heavy atom. The highest BCUT2D eigenvalue weighted by molar-refractivity contribution is 6.02. The highest BCUT2D eigenvalue weighted by atomic mass is 19.1.